The van der Waals surface area contributed by atoms with Crippen molar-refractivity contribution in [3.05, 3.63) is 40.6 Å². The molecule has 1 heterocycles. The molecule has 22 heavy (non-hydrogen) atoms. The van der Waals surface area contributed by atoms with Gasteiger partial charge in [-0.1, -0.05) is 0 Å². The third kappa shape index (κ3) is 1.87. The molecule has 0 aliphatic rings. The Labute approximate surface area is 123 Å². The highest BCUT2D eigenvalue weighted by Crippen LogP contribution is 2.45. The summed E-state index contributed by atoms with van der Waals surface area (Å²) in [6, 6.07) is 6.99. The Bertz CT molecular complexity index is 943. The molecule has 7 nitrogen and oxygen atoms in total. The Kier molecular flexibility index (Phi) is 2.84. The number of hydrogen-bond acceptors (Lipinski definition) is 7. The van der Waals surface area contributed by atoms with Gasteiger partial charge < -0.3 is 30.6 Å². The van der Waals surface area contributed by atoms with Gasteiger partial charge in [0.2, 0.25) is 5.75 Å². The molecule has 0 radical (unpaired) electrons. The van der Waals surface area contributed by atoms with Crippen LogP contribution >= 0.6 is 0 Å². The lowest BCUT2D eigenvalue weighted by Crippen LogP contribution is -2.03. The van der Waals surface area contributed by atoms with E-state index in [2.05, 4.69) is 0 Å². The summed E-state index contributed by atoms with van der Waals surface area (Å²) in [5.74, 6) is -2.27. The molecule has 3 rings (SSSR count). The summed E-state index contributed by atoms with van der Waals surface area (Å²) >= 11 is 0. The number of anilines is 1. The zero-order chi connectivity index (χ0) is 16.0. The van der Waals surface area contributed by atoms with Crippen LogP contribution in [0.25, 0.3) is 22.3 Å². The predicted octanol–water partition coefficient (Wildman–Crippen LogP) is 1.86. The van der Waals surface area contributed by atoms with Crippen LogP contribution in [0.1, 0.15) is 0 Å². The van der Waals surface area contributed by atoms with Crippen molar-refractivity contribution in [3.63, 3.8) is 0 Å². The largest absolute Gasteiger partial charge is 0.508 e. The Morgan fingerprint density at radius 1 is 0.909 bits per heavy atom. The lowest BCUT2D eigenvalue weighted by molar-refractivity contribution is 0.371. The van der Waals surface area contributed by atoms with Crippen LogP contribution in [0.2, 0.25) is 0 Å². The Morgan fingerprint density at radius 3 is 2.18 bits per heavy atom. The topological polar surface area (TPSA) is 137 Å². The van der Waals surface area contributed by atoms with Crippen molar-refractivity contribution < 1.29 is 24.8 Å². The zero-order valence-corrected chi connectivity index (χ0v) is 11.1. The number of benzene rings is 2. The average Bonchev–Trinajstić information content (AvgIpc) is 2.50. The van der Waals surface area contributed by atoms with E-state index in [1.54, 1.807) is 0 Å². The van der Waals surface area contributed by atoms with Gasteiger partial charge in [0.05, 0.1) is 0 Å². The molecule has 1 aromatic heterocycles. The minimum absolute atomic E-state index is 0.0478. The van der Waals surface area contributed by atoms with Crippen LogP contribution in [-0.4, -0.2) is 20.4 Å². The summed E-state index contributed by atoms with van der Waals surface area (Å²) in [4.78, 5) is 12.2. The third-order valence-corrected chi connectivity index (χ3v) is 3.28. The van der Waals surface area contributed by atoms with E-state index in [0.29, 0.717) is 5.56 Å². The van der Waals surface area contributed by atoms with Crippen LogP contribution < -0.4 is 11.2 Å². The molecule has 0 bridgehead atoms. The third-order valence-electron chi connectivity index (χ3n) is 3.28. The summed E-state index contributed by atoms with van der Waals surface area (Å²) in [7, 11) is 0. The van der Waals surface area contributed by atoms with Crippen LogP contribution in [0.15, 0.2) is 39.5 Å². The fourth-order valence-corrected chi connectivity index (χ4v) is 2.14. The normalized spacial score (nSPS) is 10.9. The van der Waals surface area contributed by atoms with Gasteiger partial charge in [0, 0.05) is 11.6 Å². The summed E-state index contributed by atoms with van der Waals surface area (Å²) in [6.07, 6.45) is 0. The van der Waals surface area contributed by atoms with Gasteiger partial charge in [0.15, 0.2) is 22.5 Å². The van der Waals surface area contributed by atoms with Crippen molar-refractivity contribution in [2.24, 2.45) is 0 Å². The number of nitrogen functional groups attached to an aromatic ring is 1. The van der Waals surface area contributed by atoms with Gasteiger partial charge in [-0.15, -0.1) is 0 Å². The van der Waals surface area contributed by atoms with Gasteiger partial charge in [-0.2, -0.15) is 0 Å². The Balaban J connectivity index is 2.38. The molecule has 3 aromatic rings. The first-order valence-electron chi connectivity index (χ1n) is 6.19. The molecule has 0 saturated carbocycles. The lowest BCUT2D eigenvalue weighted by Gasteiger charge is -2.10. The second-order valence-electron chi connectivity index (χ2n) is 4.69. The Morgan fingerprint density at radius 2 is 1.55 bits per heavy atom. The summed E-state index contributed by atoms with van der Waals surface area (Å²) in [6.45, 7) is 0. The fraction of sp³-hybridized carbons (Fsp3) is 0. The molecule has 0 atom stereocenters. The van der Waals surface area contributed by atoms with Crippen molar-refractivity contribution in [2.45, 2.75) is 0 Å². The van der Waals surface area contributed by atoms with Gasteiger partial charge in [0.1, 0.15) is 22.6 Å². The summed E-state index contributed by atoms with van der Waals surface area (Å²) < 4.78 is 5.48. The van der Waals surface area contributed by atoms with E-state index in [-0.39, 0.29) is 28.2 Å². The average molecular weight is 301 g/mol. The number of nitrogens with two attached hydrogens (primary N) is 1. The van der Waals surface area contributed by atoms with Gasteiger partial charge in [-0.3, -0.25) is 4.79 Å². The van der Waals surface area contributed by atoms with E-state index < -0.39 is 22.7 Å². The van der Waals surface area contributed by atoms with Crippen molar-refractivity contribution in [3.8, 4) is 34.3 Å². The first-order chi connectivity index (χ1) is 10.4. The smallest absolute Gasteiger partial charge is 0.203 e. The van der Waals surface area contributed by atoms with Gasteiger partial charge in [-0.05, 0) is 24.3 Å². The van der Waals surface area contributed by atoms with Gasteiger partial charge >= 0.3 is 0 Å². The highest BCUT2D eigenvalue weighted by Gasteiger charge is 2.21. The highest BCUT2D eigenvalue weighted by molar-refractivity contribution is 5.98. The highest BCUT2D eigenvalue weighted by atomic mass is 16.3. The van der Waals surface area contributed by atoms with E-state index in [0.717, 1.165) is 6.07 Å². The molecule has 0 spiro atoms. The second-order valence-corrected chi connectivity index (χ2v) is 4.69. The summed E-state index contributed by atoms with van der Waals surface area (Å²) in [5, 5.41) is 37.9. The van der Waals surface area contributed by atoms with Crippen LogP contribution in [0, 0.1) is 0 Å². The lowest BCUT2D eigenvalue weighted by atomic mass is 10.1. The number of hydrogen-bond donors (Lipinski definition) is 5. The summed E-state index contributed by atoms with van der Waals surface area (Å²) in [5.41, 5.74) is 4.90. The van der Waals surface area contributed by atoms with Crippen LogP contribution in [-0.2, 0) is 0 Å². The molecule has 2 aromatic carbocycles. The van der Waals surface area contributed by atoms with Crippen molar-refractivity contribution in [2.75, 3.05) is 5.73 Å². The maximum atomic E-state index is 12.2. The van der Waals surface area contributed by atoms with Crippen LogP contribution in [0.5, 0.6) is 23.0 Å². The van der Waals surface area contributed by atoms with E-state index in [4.69, 9.17) is 10.2 Å². The van der Waals surface area contributed by atoms with Crippen molar-refractivity contribution in [1.29, 1.82) is 0 Å². The predicted molar refractivity (Wildman–Crippen MR) is 79.0 cm³/mol. The van der Waals surface area contributed by atoms with Crippen molar-refractivity contribution in [1.82, 2.24) is 0 Å². The standard InChI is InChI=1S/C15H11NO6/c16-11-13(20)14(21)12(19)10-8(18)5-9(22-15(10)11)6-1-3-7(17)4-2-6/h1-5,17,19-21H,16H2. The van der Waals surface area contributed by atoms with Crippen LogP contribution in [0.4, 0.5) is 5.69 Å². The van der Waals surface area contributed by atoms with Gasteiger partial charge in [-0.25, -0.2) is 0 Å². The van der Waals surface area contributed by atoms with Crippen LogP contribution in [0.3, 0.4) is 0 Å². The molecule has 0 aliphatic heterocycles. The molecule has 0 fully saturated rings. The second kappa shape index (κ2) is 4.59. The molecule has 0 saturated heterocycles. The molecule has 6 N–H and O–H groups in total. The number of phenolic OH excluding ortho intramolecular Hbond substituents is 4. The van der Waals surface area contributed by atoms with Gasteiger partial charge in [0.25, 0.3) is 0 Å². The zero-order valence-electron chi connectivity index (χ0n) is 11.1. The SMILES string of the molecule is Nc1c(O)c(O)c(O)c2c(=O)cc(-c3ccc(O)cc3)oc12. The van der Waals surface area contributed by atoms with E-state index in [1.807, 2.05) is 0 Å². The maximum absolute atomic E-state index is 12.2. The monoisotopic (exact) mass is 301 g/mol. The number of rotatable bonds is 1. The molecule has 0 amide bonds. The number of fused-ring (bicyclic) bond motifs is 1. The number of aromatic hydroxyl groups is 4. The molecule has 7 heteroatoms. The first kappa shape index (κ1) is 13.6. The first-order valence-corrected chi connectivity index (χ1v) is 6.19. The molecule has 112 valence electrons. The molecule has 0 unspecified atom stereocenters. The van der Waals surface area contributed by atoms with E-state index in [1.165, 1.54) is 24.3 Å². The quantitative estimate of drug-likeness (QED) is 0.263. The molecular weight excluding hydrogens is 290 g/mol. The maximum Gasteiger partial charge on any atom is 0.203 e. The van der Waals surface area contributed by atoms with E-state index in [9.17, 15) is 25.2 Å². The minimum Gasteiger partial charge on any atom is -0.508 e. The fourth-order valence-electron chi connectivity index (χ4n) is 2.14. The molecular formula is C15H11NO6. The number of phenols is 4. The minimum atomic E-state index is -0.880. The van der Waals surface area contributed by atoms with E-state index >= 15 is 0 Å². The Hall–Kier alpha value is -3.35. The van der Waals surface area contributed by atoms with Crippen molar-refractivity contribution >= 4 is 16.7 Å². The molecule has 0 aliphatic carbocycles.